The Morgan fingerprint density at radius 3 is 2.38 bits per heavy atom. The highest BCUT2D eigenvalue weighted by Gasteiger charge is 2.27. The van der Waals surface area contributed by atoms with Crippen molar-refractivity contribution >= 4 is 44.9 Å². The van der Waals surface area contributed by atoms with E-state index in [0.717, 1.165) is 4.31 Å². The molecule has 3 aromatic rings. The third kappa shape index (κ3) is 5.27. The fraction of sp³-hybridized carbons (Fsp3) is 0.130. The predicted octanol–water partition coefficient (Wildman–Crippen LogP) is 4.27. The highest BCUT2D eigenvalue weighted by atomic mass is 35.5. The smallest absolute Gasteiger partial charge is 0.337 e. The van der Waals surface area contributed by atoms with Gasteiger partial charge in [0.05, 0.1) is 23.3 Å². The van der Waals surface area contributed by atoms with Crippen LogP contribution in [0.15, 0.2) is 77.7 Å². The average molecular weight is 473 g/mol. The molecule has 166 valence electrons. The second-order valence-electron chi connectivity index (χ2n) is 6.87. The third-order valence-corrected chi connectivity index (χ3v) is 6.67. The van der Waals surface area contributed by atoms with Gasteiger partial charge in [-0.1, -0.05) is 41.9 Å². The van der Waals surface area contributed by atoms with Crippen LogP contribution in [0.1, 0.15) is 15.9 Å². The molecule has 0 saturated carbocycles. The molecule has 3 rings (SSSR count). The molecular formula is C23H21ClN2O5S. The van der Waals surface area contributed by atoms with Crippen LogP contribution >= 0.6 is 11.6 Å². The first-order chi connectivity index (χ1) is 15.2. The largest absolute Gasteiger partial charge is 0.465 e. The maximum Gasteiger partial charge on any atom is 0.337 e. The summed E-state index contributed by atoms with van der Waals surface area (Å²) < 4.78 is 32.3. The lowest BCUT2D eigenvalue weighted by Crippen LogP contribution is -2.38. The minimum absolute atomic E-state index is 0.0386. The lowest BCUT2D eigenvalue weighted by molar-refractivity contribution is -0.114. The maximum atomic E-state index is 13.3. The van der Waals surface area contributed by atoms with Crippen LogP contribution in [0.4, 0.5) is 11.4 Å². The number of nitrogens with zero attached hydrogens (tertiary/aromatic N) is 1. The van der Waals surface area contributed by atoms with E-state index < -0.39 is 28.4 Å². The predicted molar refractivity (Wildman–Crippen MR) is 124 cm³/mol. The molecule has 0 bridgehead atoms. The first kappa shape index (κ1) is 23.3. The van der Waals surface area contributed by atoms with E-state index in [9.17, 15) is 18.0 Å². The van der Waals surface area contributed by atoms with Crippen molar-refractivity contribution in [2.24, 2.45) is 0 Å². The quantitative estimate of drug-likeness (QED) is 0.518. The second-order valence-corrected chi connectivity index (χ2v) is 9.17. The standard InChI is InChI=1S/C23H21ClN2O5S/c1-16-11-12-17(23(28)31-2)13-21(16)25-22(27)15-26(19-8-6-7-18(24)14-19)32(29,30)20-9-4-3-5-10-20/h3-14H,15H2,1-2H3,(H,25,27). The maximum absolute atomic E-state index is 13.3. The Morgan fingerprint density at radius 1 is 1.00 bits per heavy atom. The van der Waals surface area contributed by atoms with E-state index in [2.05, 4.69) is 5.32 Å². The van der Waals surface area contributed by atoms with Gasteiger partial charge >= 0.3 is 5.97 Å². The van der Waals surface area contributed by atoms with E-state index in [4.69, 9.17) is 16.3 Å². The van der Waals surface area contributed by atoms with E-state index in [-0.39, 0.29) is 16.1 Å². The highest BCUT2D eigenvalue weighted by Crippen LogP contribution is 2.26. The molecule has 0 atom stereocenters. The van der Waals surface area contributed by atoms with Crippen LogP contribution in [0.25, 0.3) is 0 Å². The summed E-state index contributed by atoms with van der Waals surface area (Å²) in [4.78, 5) is 24.7. The van der Waals surface area contributed by atoms with Crippen LogP contribution in [0, 0.1) is 6.92 Å². The van der Waals surface area contributed by atoms with Crippen LogP contribution in [0.3, 0.4) is 0 Å². The number of hydrogen-bond acceptors (Lipinski definition) is 5. The lowest BCUT2D eigenvalue weighted by Gasteiger charge is -2.24. The Kier molecular flexibility index (Phi) is 7.17. The SMILES string of the molecule is COC(=O)c1ccc(C)c(NC(=O)CN(c2cccc(Cl)c2)S(=O)(=O)c2ccccc2)c1. The highest BCUT2D eigenvalue weighted by molar-refractivity contribution is 7.92. The summed E-state index contributed by atoms with van der Waals surface area (Å²) >= 11 is 6.07. The Labute approximate surface area is 191 Å². The van der Waals surface area contributed by atoms with Gasteiger partial charge in [-0.25, -0.2) is 13.2 Å². The van der Waals surface area contributed by atoms with Crippen LogP contribution in [0.2, 0.25) is 5.02 Å². The number of ether oxygens (including phenoxy) is 1. The number of carbonyl (C=O) groups excluding carboxylic acids is 2. The first-order valence-electron chi connectivity index (χ1n) is 9.54. The molecule has 7 nitrogen and oxygen atoms in total. The molecule has 0 aromatic heterocycles. The molecule has 0 radical (unpaired) electrons. The molecule has 3 aromatic carbocycles. The number of aryl methyl sites for hydroxylation is 1. The van der Waals surface area contributed by atoms with Gasteiger partial charge in [-0.2, -0.15) is 0 Å². The Hall–Kier alpha value is -3.36. The van der Waals surface area contributed by atoms with E-state index in [1.54, 1.807) is 55.5 Å². The van der Waals surface area contributed by atoms with Gasteiger partial charge in [0.1, 0.15) is 6.54 Å². The number of sulfonamides is 1. The van der Waals surface area contributed by atoms with Crippen LogP contribution in [-0.4, -0.2) is 33.9 Å². The van der Waals surface area contributed by atoms with Crippen molar-refractivity contribution in [1.82, 2.24) is 0 Å². The van der Waals surface area contributed by atoms with Gasteiger partial charge in [0, 0.05) is 10.7 Å². The zero-order valence-corrected chi connectivity index (χ0v) is 19.0. The summed E-state index contributed by atoms with van der Waals surface area (Å²) in [5, 5.41) is 3.01. The number of methoxy groups -OCH3 is 1. The summed E-state index contributed by atoms with van der Waals surface area (Å²) in [5.41, 5.74) is 1.58. The van der Waals surface area contributed by atoms with Crippen molar-refractivity contribution in [3.63, 3.8) is 0 Å². The molecule has 0 heterocycles. The van der Waals surface area contributed by atoms with Gasteiger partial charge in [-0.15, -0.1) is 0 Å². The van der Waals surface area contributed by atoms with E-state index >= 15 is 0 Å². The number of amides is 1. The average Bonchev–Trinajstić information content (AvgIpc) is 2.79. The monoisotopic (exact) mass is 472 g/mol. The molecule has 0 aliphatic carbocycles. The van der Waals surface area contributed by atoms with Gasteiger partial charge in [0.15, 0.2) is 0 Å². The van der Waals surface area contributed by atoms with Crippen molar-refractivity contribution in [2.45, 2.75) is 11.8 Å². The third-order valence-electron chi connectivity index (χ3n) is 4.65. The van der Waals surface area contributed by atoms with E-state index in [1.807, 2.05) is 0 Å². The number of esters is 1. The van der Waals surface area contributed by atoms with Gasteiger partial charge in [0.25, 0.3) is 10.0 Å². The second kappa shape index (κ2) is 9.84. The number of carbonyl (C=O) groups is 2. The molecule has 9 heteroatoms. The van der Waals surface area contributed by atoms with Crippen LogP contribution in [-0.2, 0) is 19.6 Å². The molecule has 1 amide bonds. The molecule has 0 unspecified atom stereocenters. The molecule has 0 aliphatic heterocycles. The minimum atomic E-state index is -4.05. The molecule has 0 aliphatic rings. The molecule has 32 heavy (non-hydrogen) atoms. The minimum Gasteiger partial charge on any atom is -0.465 e. The fourth-order valence-electron chi connectivity index (χ4n) is 2.99. The number of halogens is 1. The summed E-state index contributed by atoms with van der Waals surface area (Å²) in [5.74, 6) is -1.14. The van der Waals surface area contributed by atoms with E-state index in [0.29, 0.717) is 16.3 Å². The lowest BCUT2D eigenvalue weighted by atomic mass is 10.1. The van der Waals surface area contributed by atoms with Crippen molar-refractivity contribution in [2.75, 3.05) is 23.3 Å². The fourth-order valence-corrected chi connectivity index (χ4v) is 4.61. The number of anilines is 2. The van der Waals surface area contributed by atoms with Crippen LogP contribution < -0.4 is 9.62 Å². The van der Waals surface area contributed by atoms with Crippen molar-refractivity contribution in [3.8, 4) is 0 Å². The number of hydrogen-bond donors (Lipinski definition) is 1. The molecule has 0 saturated heterocycles. The Balaban J connectivity index is 1.94. The van der Waals surface area contributed by atoms with E-state index in [1.165, 1.54) is 31.4 Å². The summed E-state index contributed by atoms with van der Waals surface area (Å²) in [6.07, 6.45) is 0. The molecule has 0 spiro atoms. The summed E-state index contributed by atoms with van der Waals surface area (Å²) in [7, 11) is -2.79. The first-order valence-corrected chi connectivity index (χ1v) is 11.4. The number of nitrogens with one attached hydrogen (secondary N) is 1. The van der Waals surface area contributed by atoms with Gasteiger partial charge < -0.3 is 10.1 Å². The zero-order chi connectivity index (χ0) is 23.3. The van der Waals surface area contributed by atoms with Gasteiger partial charge in [0.2, 0.25) is 5.91 Å². The Morgan fingerprint density at radius 2 is 1.72 bits per heavy atom. The Bertz CT molecular complexity index is 1250. The normalized spacial score (nSPS) is 11.0. The molecule has 1 N–H and O–H groups in total. The molecular weight excluding hydrogens is 452 g/mol. The van der Waals surface area contributed by atoms with Crippen molar-refractivity contribution in [3.05, 3.63) is 88.9 Å². The van der Waals surface area contributed by atoms with Crippen molar-refractivity contribution < 1.29 is 22.7 Å². The summed E-state index contributed by atoms with van der Waals surface area (Å²) in [6.45, 7) is 1.26. The number of rotatable bonds is 7. The van der Waals surface area contributed by atoms with Crippen LogP contribution in [0.5, 0.6) is 0 Å². The van der Waals surface area contributed by atoms with Gasteiger partial charge in [-0.05, 0) is 55.0 Å². The van der Waals surface area contributed by atoms with Crippen molar-refractivity contribution in [1.29, 1.82) is 0 Å². The molecule has 0 fully saturated rings. The summed E-state index contributed by atoms with van der Waals surface area (Å²) in [6, 6.07) is 18.8. The van der Waals surface area contributed by atoms with Gasteiger partial charge in [-0.3, -0.25) is 9.10 Å². The number of benzene rings is 3. The topological polar surface area (TPSA) is 92.8 Å². The zero-order valence-electron chi connectivity index (χ0n) is 17.4.